The van der Waals surface area contributed by atoms with Gasteiger partial charge in [-0.1, -0.05) is 33.4 Å². The van der Waals surface area contributed by atoms with Crippen LogP contribution in [-0.2, 0) is 10.9 Å². The molecule has 0 aliphatic carbocycles. The van der Waals surface area contributed by atoms with Crippen molar-refractivity contribution in [3.63, 3.8) is 0 Å². The Bertz CT molecular complexity index is 1600. The summed E-state index contributed by atoms with van der Waals surface area (Å²) in [5.74, 6) is -0.439. The lowest BCUT2D eigenvalue weighted by atomic mass is 9.87. The van der Waals surface area contributed by atoms with Gasteiger partial charge < -0.3 is 30.3 Å². The fourth-order valence-corrected chi connectivity index (χ4v) is 5.55. The molecule has 13 heteroatoms. The highest BCUT2D eigenvalue weighted by Gasteiger charge is 2.34. The first-order valence-electron chi connectivity index (χ1n) is 15.6. The predicted molar refractivity (Wildman–Crippen MR) is 174 cm³/mol. The lowest BCUT2D eigenvalue weighted by Gasteiger charge is -2.35. The van der Waals surface area contributed by atoms with E-state index in [0.717, 1.165) is 30.3 Å². The van der Waals surface area contributed by atoms with Crippen LogP contribution in [0.4, 0.5) is 23.8 Å². The SMILES string of the molecule is C=C(C(CC)CN1CC(C)OC1=O)N1C=CN=C(N)/C1=C(\c1ccc(C(=O)Nc2cc(C(F)(F)F)ccn2)cc1OCC)C(C)CC. The zero-order valence-corrected chi connectivity index (χ0v) is 27.2. The largest absolute Gasteiger partial charge is 0.493 e. The Labute approximate surface area is 272 Å². The molecule has 4 rings (SSSR count). The summed E-state index contributed by atoms with van der Waals surface area (Å²) in [6, 6.07) is 6.46. The minimum Gasteiger partial charge on any atom is -0.493 e. The number of cyclic esters (lactones) is 1. The van der Waals surface area contributed by atoms with E-state index in [1.165, 1.54) is 0 Å². The summed E-state index contributed by atoms with van der Waals surface area (Å²) in [4.78, 5) is 37.5. The summed E-state index contributed by atoms with van der Waals surface area (Å²) in [7, 11) is 0. The molecule has 1 aromatic heterocycles. The maximum atomic E-state index is 13.2. The van der Waals surface area contributed by atoms with Crippen LogP contribution in [0.1, 0.15) is 68.9 Å². The van der Waals surface area contributed by atoms with Gasteiger partial charge in [0, 0.05) is 47.9 Å². The van der Waals surface area contributed by atoms with Gasteiger partial charge in [-0.15, -0.1) is 0 Å². The van der Waals surface area contributed by atoms with Gasteiger partial charge in [-0.05, 0) is 62.4 Å². The Morgan fingerprint density at radius 2 is 1.96 bits per heavy atom. The average Bonchev–Trinajstić information content (AvgIpc) is 3.36. The lowest BCUT2D eigenvalue weighted by molar-refractivity contribution is -0.137. The monoisotopic (exact) mass is 654 g/mol. The highest BCUT2D eigenvalue weighted by atomic mass is 19.4. The Kier molecular flexibility index (Phi) is 11.0. The lowest BCUT2D eigenvalue weighted by Crippen LogP contribution is -2.37. The number of hydrogen-bond acceptors (Lipinski definition) is 8. The zero-order valence-electron chi connectivity index (χ0n) is 27.2. The van der Waals surface area contributed by atoms with Crippen LogP contribution in [-0.4, -0.2) is 58.4 Å². The molecule has 0 radical (unpaired) electrons. The molecule has 1 saturated heterocycles. The number of amides is 2. The molecular weight excluding hydrogens is 613 g/mol. The molecule has 2 aliphatic heterocycles. The van der Waals surface area contributed by atoms with Gasteiger partial charge in [0.05, 0.1) is 24.4 Å². The summed E-state index contributed by atoms with van der Waals surface area (Å²) in [6.07, 6.45) is 0.650. The maximum Gasteiger partial charge on any atom is 0.416 e. The minimum absolute atomic E-state index is 0.0665. The van der Waals surface area contributed by atoms with Crippen molar-refractivity contribution >= 4 is 29.2 Å². The summed E-state index contributed by atoms with van der Waals surface area (Å²) in [5.41, 5.74) is 8.62. The topological polar surface area (TPSA) is 122 Å². The number of rotatable bonds is 12. The van der Waals surface area contributed by atoms with Crippen LogP contribution in [0.3, 0.4) is 0 Å². The number of nitrogens with two attached hydrogens (primary N) is 1. The van der Waals surface area contributed by atoms with Crippen LogP contribution in [0.5, 0.6) is 5.75 Å². The summed E-state index contributed by atoms with van der Waals surface area (Å²) < 4.78 is 51.0. The molecule has 3 heterocycles. The molecule has 3 N–H and O–H groups in total. The molecule has 2 amide bonds. The smallest absolute Gasteiger partial charge is 0.416 e. The number of carbonyl (C=O) groups excluding carboxylic acids is 2. The number of allylic oxidation sites excluding steroid dienone is 1. The first kappa shape index (κ1) is 35.1. The van der Waals surface area contributed by atoms with Crippen molar-refractivity contribution < 1.29 is 32.2 Å². The van der Waals surface area contributed by atoms with Crippen LogP contribution in [0.25, 0.3) is 5.57 Å². The van der Waals surface area contributed by atoms with E-state index in [1.54, 1.807) is 35.5 Å². The molecule has 0 bridgehead atoms. The summed E-state index contributed by atoms with van der Waals surface area (Å²) >= 11 is 0. The van der Waals surface area contributed by atoms with Gasteiger partial charge in [-0.3, -0.25) is 4.79 Å². The molecule has 0 spiro atoms. The standard InChI is InChI=1S/C34H41F3N6O4/c1-7-20(4)29(30-31(38)40-14-15-43(30)22(6)23(8-2)19-42-18-21(5)47-33(42)45)26-11-10-24(16-27(26)46-9-3)32(44)41-28-17-25(12-13-39-28)34(35,36)37/h10-17,20-21,23H,6-9,18-19H2,1-5H3,(H2,38,40)(H,39,41,44)/b30-29+. The van der Waals surface area contributed by atoms with Crippen LogP contribution < -0.4 is 15.8 Å². The molecule has 1 fully saturated rings. The number of nitrogens with zero attached hydrogens (tertiary/aromatic N) is 4. The Morgan fingerprint density at radius 3 is 2.57 bits per heavy atom. The molecule has 3 atom stereocenters. The number of aliphatic imine (C=N–C) groups is 1. The number of amidine groups is 1. The second kappa shape index (κ2) is 14.7. The highest BCUT2D eigenvalue weighted by molar-refractivity contribution is 6.07. The average molecular weight is 655 g/mol. The molecule has 2 aromatic rings. The molecule has 47 heavy (non-hydrogen) atoms. The molecular formula is C34H41F3N6O4. The quantitative estimate of drug-likeness (QED) is 0.252. The van der Waals surface area contributed by atoms with Crippen molar-refractivity contribution in [2.24, 2.45) is 22.6 Å². The van der Waals surface area contributed by atoms with Gasteiger partial charge in [-0.2, -0.15) is 13.2 Å². The summed E-state index contributed by atoms with van der Waals surface area (Å²) in [5, 5.41) is 2.45. The van der Waals surface area contributed by atoms with Crippen molar-refractivity contribution in [3.8, 4) is 5.75 Å². The third-order valence-corrected chi connectivity index (χ3v) is 8.19. The molecule has 1 aromatic carbocycles. The zero-order chi connectivity index (χ0) is 34.5. The third kappa shape index (κ3) is 7.95. The van der Waals surface area contributed by atoms with Crippen molar-refractivity contribution in [3.05, 3.63) is 83.6 Å². The van der Waals surface area contributed by atoms with Crippen LogP contribution in [0, 0.1) is 11.8 Å². The number of pyridine rings is 1. The van der Waals surface area contributed by atoms with Crippen molar-refractivity contribution in [1.82, 2.24) is 14.8 Å². The molecule has 252 valence electrons. The van der Waals surface area contributed by atoms with E-state index in [4.69, 9.17) is 15.2 Å². The number of anilines is 1. The van der Waals surface area contributed by atoms with E-state index < -0.39 is 17.6 Å². The number of alkyl halides is 3. The van der Waals surface area contributed by atoms with Gasteiger partial charge in [-0.25, -0.2) is 14.8 Å². The normalized spacial score (nSPS) is 18.8. The molecule has 0 saturated carbocycles. The van der Waals surface area contributed by atoms with Crippen molar-refractivity contribution in [1.29, 1.82) is 0 Å². The van der Waals surface area contributed by atoms with E-state index in [9.17, 15) is 22.8 Å². The van der Waals surface area contributed by atoms with Gasteiger partial charge in [0.1, 0.15) is 23.5 Å². The van der Waals surface area contributed by atoms with Gasteiger partial charge in [0.15, 0.2) is 0 Å². The Morgan fingerprint density at radius 1 is 1.21 bits per heavy atom. The van der Waals surface area contributed by atoms with E-state index in [1.807, 2.05) is 39.5 Å². The number of carbonyl (C=O) groups is 2. The predicted octanol–water partition coefficient (Wildman–Crippen LogP) is 7.03. The van der Waals surface area contributed by atoms with Crippen molar-refractivity contribution in [2.75, 3.05) is 25.0 Å². The highest BCUT2D eigenvalue weighted by Crippen LogP contribution is 2.40. The van der Waals surface area contributed by atoms with Crippen molar-refractivity contribution in [2.45, 2.75) is 59.7 Å². The fraction of sp³-hybridized carbons (Fsp3) is 0.412. The van der Waals surface area contributed by atoms with Gasteiger partial charge in [0.25, 0.3) is 5.91 Å². The minimum atomic E-state index is -4.58. The molecule has 10 nitrogen and oxygen atoms in total. The Balaban J connectivity index is 1.75. The second-order valence-corrected chi connectivity index (χ2v) is 11.5. The molecule has 2 aliphatic rings. The van der Waals surface area contributed by atoms with Crippen LogP contribution >= 0.6 is 0 Å². The van der Waals surface area contributed by atoms with Gasteiger partial charge in [0.2, 0.25) is 0 Å². The number of halogens is 3. The summed E-state index contributed by atoms with van der Waals surface area (Å²) in [6.45, 7) is 15.4. The first-order chi connectivity index (χ1) is 22.3. The van der Waals surface area contributed by atoms with E-state index in [-0.39, 0.29) is 47.9 Å². The van der Waals surface area contributed by atoms with E-state index >= 15 is 0 Å². The van der Waals surface area contributed by atoms with Gasteiger partial charge >= 0.3 is 12.3 Å². The molecule has 3 unspecified atom stereocenters. The second-order valence-electron chi connectivity index (χ2n) is 11.5. The van der Waals surface area contributed by atoms with Crippen LogP contribution in [0.2, 0.25) is 0 Å². The first-order valence-corrected chi connectivity index (χ1v) is 15.6. The number of benzene rings is 1. The van der Waals surface area contributed by atoms with E-state index in [2.05, 4.69) is 21.9 Å². The maximum absolute atomic E-state index is 13.2. The number of ether oxygens (including phenoxy) is 2. The fourth-order valence-electron chi connectivity index (χ4n) is 5.55. The number of nitrogens with one attached hydrogen (secondary N) is 1. The number of hydrogen-bond donors (Lipinski definition) is 2. The van der Waals surface area contributed by atoms with E-state index in [0.29, 0.717) is 42.2 Å². The van der Waals surface area contributed by atoms with Crippen LogP contribution in [0.15, 0.2) is 71.9 Å². The third-order valence-electron chi connectivity index (χ3n) is 8.19. The number of aromatic nitrogens is 1. The Hall–Kier alpha value is -4.81.